The molecule has 1 aromatic heterocycles. The van der Waals surface area contributed by atoms with Crippen molar-refractivity contribution in [2.24, 2.45) is 22.6 Å². The van der Waals surface area contributed by atoms with Crippen molar-refractivity contribution >= 4 is 23.2 Å². The minimum atomic E-state index is -1.04. The summed E-state index contributed by atoms with van der Waals surface area (Å²) in [5, 5.41) is 6.59. The second-order valence-corrected chi connectivity index (χ2v) is 9.08. The molecule has 2 fully saturated rings. The predicted molar refractivity (Wildman–Crippen MR) is 119 cm³/mol. The smallest absolute Gasteiger partial charge is 0.223 e. The van der Waals surface area contributed by atoms with Crippen LogP contribution in [-0.4, -0.2) is 41.1 Å². The van der Waals surface area contributed by atoms with Crippen LogP contribution in [0.5, 0.6) is 0 Å². The number of rotatable bonds is 4. The first-order chi connectivity index (χ1) is 16.0. The number of hydrogen-bond acceptors (Lipinski definition) is 6. The normalized spacial score (nSPS) is 28.4. The lowest BCUT2D eigenvalue weighted by molar-refractivity contribution is 0.179. The quantitative estimate of drug-likeness (QED) is 0.640. The van der Waals surface area contributed by atoms with Gasteiger partial charge in [0.05, 0.1) is 24.2 Å². The first kappa shape index (κ1) is 22.1. The SMILES string of the molecule is NC1CCC(Nc2ncc3c(n2)CC([C@@H]2CCOC2)C(=Nc2c(F)cc(F)cc2F)N3)CC1. The number of hydrogen-bond donors (Lipinski definition) is 3. The topological polar surface area (TPSA) is 97.5 Å². The monoisotopic (exact) mass is 460 g/mol. The summed E-state index contributed by atoms with van der Waals surface area (Å²) >= 11 is 0. The molecule has 0 radical (unpaired) electrons. The predicted octanol–water partition coefficient (Wildman–Crippen LogP) is 3.93. The Morgan fingerprint density at radius 1 is 1.09 bits per heavy atom. The van der Waals surface area contributed by atoms with Gasteiger partial charge in [-0.15, -0.1) is 0 Å². The molecule has 2 aliphatic heterocycles. The zero-order valence-electron chi connectivity index (χ0n) is 18.2. The Labute approximate surface area is 190 Å². The van der Waals surface area contributed by atoms with E-state index in [-0.39, 0.29) is 17.9 Å². The molecule has 5 rings (SSSR count). The lowest BCUT2D eigenvalue weighted by Gasteiger charge is -2.31. The molecular formula is C23H27F3N6O. The molecule has 2 atom stereocenters. The van der Waals surface area contributed by atoms with E-state index in [0.717, 1.165) is 37.8 Å². The van der Waals surface area contributed by atoms with Gasteiger partial charge in [-0.1, -0.05) is 0 Å². The summed E-state index contributed by atoms with van der Waals surface area (Å²) in [6.45, 7) is 1.16. The minimum Gasteiger partial charge on any atom is -0.381 e. The Morgan fingerprint density at radius 2 is 1.85 bits per heavy atom. The lowest BCUT2D eigenvalue weighted by Crippen LogP contribution is -2.37. The Kier molecular flexibility index (Phi) is 6.20. The van der Waals surface area contributed by atoms with Gasteiger partial charge in [0.15, 0.2) is 11.6 Å². The third-order valence-corrected chi connectivity index (χ3v) is 6.75. The number of nitrogens with two attached hydrogens (primary N) is 1. The largest absolute Gasteiger partial charge is 0.381 e. The first-order valence-electron chi connectivity index (χ1n) is 11.4. The van der Waals surface area contributed by atoms with E-state index in [0.29, 0.717) is 55.3 Å². The number of amidine groups is 1. The van der Waals surface area contributed by atoms with E-state index in [2.05, 4.69) is 20.6 Å². The summed E-state index contributed by atoms with van der Waals surface area (Å²) in [6.07, 6.45) is 6.92. The van der Waals surface area contributed by atoms with E-state index < -0.39 is 23.1 Å². The minimum absolute atomic E-state index is 0.127. The molecule has 1 aromatic carbocycles. The summed E-state index contributed by atoms with van der Waals surface area (Å²) < 4.78 is 47.5. The van der Waals surface area contributed by atoms with Crippen molar-refractivity contribution in [3.63, 3.8) is 0 Å². The molecule has 176 valence electrons. The third kappa shape index (κ3) is 4.81. The number of anilines is 2. The van der Waals surface area contributed by atoms with Gasteiger partial charge in [0.2, 0.25) is 5.95 Å². The number of benzene rings is 1. The summed E-state index contributed by atoms with van der Waals surface area (Å²) in [7, 11) is 0. The van der Waals surface area contributed by atoms with Crippen LogP contribution < -0.4 is 16.4 Å². The third-order valence-electron chi connectivity index (χ3n) is 6.75. The van der Waals surface area contributed by atoms with Crippen molar-refractivity contribution in [3.05, 3.63) is 41.5 Å². The van der Waals surface area contributed by atoms with E-state index >= 15 is 0 Å². The van der Waals surface area contributed by atoms with Crippen LogP contribution in [0.15, 0.2) is 23.3 Å². The molecule has 0 amide bonds. The molecule has 10 heteroatoms. The zero-order valence-corrected chi connectivity index (χ0v) is 18.2. The highest BCUT2D eigenvalue weighted by atomic mass is 19.1. The number of aromatic nitrogens is 2. The maximum absolute atomic E-state index is 14.3. The van der Waals surface area contributed by atoms with E-state index in [1.807, 2.05) is 0 Å². The fourth-order valence-corrected chi connectivity index (χ4v) is 4.86. The molecule has 33 heavy (non-hydrogen) atoms. The molecule has 1 saturated carbocycles. The number of aliphatic imine (C=N–C) groups is 1. The molecule has 1 aliphatic carbocycles. The maximum atomic E-state index is 14.3. The van der Waals surface area contributed by atoms with Crippen molar-refractivity contribution in [1.29, 1.82) is 0 Å². The van der Waals surface area contributed by atoms with Gasteiger partial charge >= 0.3 is 0 Å². The summed E-state index contributed by atoms with van der Waals surface area (Å²) in [5.74, 6) is -2.14. The van der Waals surface area contributed by atoms with Gasteiger partial charge < -0.3 is 21.1 Å². The highest BCUT2D eigenvalue weighted by molar-refractivity contribution is 6.01. The van der Waals surface area contributed by atoms with Crippen molar-refractivity contribution < 1.29 is 17.9 Å². The van der Waals surface area contributed by atoms with Gasteiger partial charge in [0.1, 0.15) is 17.3 Å². The molecule has 2 aromatic rings. The van der Waals surface area contributed by atoms with Crippen LogP contribution in [0.2, 0.25) is 0 Å². The fraction of sp³-hybridized carbons (Fsp3) is 0.522. The van der Waals surface area contributed by atoms with Gasteiger partial charge in [-0.25, -0.2) is 28.1 Å². The number of nitrogens with one attached hydrogen (secondary N) is 2. The Balaban J connectivity index is 1.43. The van der Waals surface area contributed by atoms with Crippen molar-refractivity contribution in [2.45, 2.75) is 50.6 Å². The van der Waals surface area contributed by atoms with E-state index in [9.17, 15) is 13.2 Å². The summed E-state index contributed by atoms with van der Waals surface area (Å²) in [4.78, 5) is 13.4. The van der Waals surface area contributed by atoms with Crippen LogP contribution in [0.4, 0.5) is 30.5 Å². The van der Waals surface area contributed by atoms with Crippen molar-refractivity contribution in [1.82, 2.24) is 9.97 Å². The molecular weight excluding hydrogens is 433 g/mol. The second kappa shape index (κ2) is 9.26. The average Bonchev–Trinajstić information content (AvgIpc) is 3.32. The van der Waals surface area contributed by atoms with Gasteiger partial charge in [-0.3, -0.25) is 0 Å². The standard InChI is InChI=1S/C23H27F3N6O/c24-13-7-17(25)21(18(26)8-13)32-22-16(12-5-6-33-11-12)9-19-20(30-22)10-28-23(31-19)29-15-3-1-14(27)2-4-15/h7-8,10,12,14-16H,1-6,9,11,27H2,(H,30,32)(H,28,29,31)/t12-,14?,15?,16?/m1/s1. The van der Waals surface area contributed by atoms with Gasteiger partial charge in [-0.05, 0) is 38.0 Å². The van der Waals surface area contributed by atoms with Gasteiger partial charge in [0.25, 0.3) is 0 Å². The van der Waals surface area contributed by atoms with E-state index in [1.165, 1.54) is 0 Å². The van der Waals surface area contributed by atoms with E-state index in [4.69, 9.17) is 15.5 Å². The van der Waals surface area contributed by atoms with Crippen molar-refractivity contribution in [3.8, 4) is 0 Å². The maximum Gasteiger partial charge on any atom is 0.223 e. The van der Waals surface area contributed by atoms with Crippen LogP contribution in [0.25, 0.3) is 0 Å². The zero-order chi connectivity index (χ0) is 22.9. The van der Waals surface area contributed by atoms with Gasteiger partial charge in [-0.2, -0.15) is 0 Å². The molecule has 1 unspecified atom stereocenters. The van der Waals surface area contributed by atoms with E-state index in [1.54, 1.807) is 6.20 Å². The molecule has 1 saturated heterocycles. The lowest BCUT2D eigenvalue weighted by atomic mass is 9.84. The highest BCUT2D eigenvalue weighted by Gasteiger charge is 2.35. The van der Waals surface area contributed by atoms with Crippen molar-refractivity contribution in [2.75, 3.05) is 23.8 Å². The number of nitrogens with zero attached hydrogens (tertiary/aromatic N) is 3. The Bertz CT molecular complexity index is 1030. The second-order valence-electron chi connectivity index (χ2n) is 9.08. The molecule has 3 heterocycles. The van der Waals surface area contributed by atoms with Gasteiger partial charge in [0, 0.05) is 43.2 Å². The Morgan fingerprint density at radius 3 is 2.55 bits per heavy atom. The number of ether oxygens (including phenoxy) is 1. The van der Waals surface area contributed by atoms with Crippen LogP contribution >= 0.6 is 0 Å². The molecule has 4 N–H and O–H groups in total. The average molecular weight is 461 g/mol. The van der Waals surface area contributed by atoms with Crippen LogP contribution in [0, 0.1) is 29.3 Å². The first-order valence-corrected chi connectivity index (χ1v) is 11.4. The Hall–Kier alpha value is -2.72. The molecule has 7 nitrogen and oxygen atoms in total. The summed E-state index contributed by atoms with van der Waals surface area (Å²) in [5.41, 5.74) is 6.94. The molecule has 0 bridgehead atoms. The number of fused-ring (bicyclic) bond motifs is 1. The van der Waals surface area contributed by atoms with Crippen LogP contribution in [0.1, 0.15) is 37.8 Å². The highest BCUT2D eigenvalue weighted by Crippen LogP contribution is 2.35. The fourth-order valence-electron chi connectivity index (χ4n) is 4.86. The van der Waals surface area contributed by atoms with Crippen LogP contribution in [0.3, 0.4) is 0 Å². The summed E-state index contributed by atoms with van der Waals surface area (Å²) in [6, 6.07) is 1.82. The van der Waals surface area contributed by atoms with Crippen LogP contribution in [-0.2, 0) is 11.2 Å². The molecule has 0 spiro atoms. The molecule has 3 aliphatic rings. The number of halogens is 3.